The number of hydrogen-bond acceptors (Lipinski definition) is 5. The van der Waals surface area contributed by atoms with Crippen molar-refractivity contribution in [1.82, 2.24) is 14.9 Å². The van der Waals surface area contributed by atoms with Gasteiger partial charge in [-0.2, -0.15) is 5.10 Å². The van der Waals surface area contributed by atoms with Crippen molar-refractivity contribution in [2.75, 3.05) is 26.3 Å². The normalized spacial score (nSPS) is 17.8. The van der Waals surface area contributed by atoms with E-state index in [2.05, 4.69) is 15.4 Å². The third-order valence-corrected chi connectivity index (χ3v) is 4.44. The van der Waals surface area contributed by atoms with E-state index in [1.54, 1.807) is 24.4 Å². The van der Waals surface area contributed by atoms with Crippen LogP contribution in [0.25, 0.3) is 10.9 Å². The Kier molecular flexibility index (Phi) is 3.55. The van der Waals surface area contributed by atoms with Crippen molar-refractivity contribution in [3.63, 3.8) is 0 Å². The second-order valence-electron chi connectivity index (χ2n) is 5.82. The van der Waals surface area contributed by atoms with Crippen molar-refractivity contribution in [3.8, 4) is 0 Å². The SMILES string of the molecule is NC(=O)n1c(CN2CCOCC2)c2c3c(cccc31)C(=O)NN=C2. The van der Waals surface area contributed by atoms with Crippen LogP contribution in [0.2, 0.25) is 0 Å². The van der Waals surface area contributed by atoms with Crippen molar-refractivity contribution in [2.45, 2.75) is 6.54 Å². The minimum atomic E-state index is -0.568. The molecule has 0 saturated carbocycles. The first kappa shape index (κ1) is 14.9. The van der Waals surface area contributed by atoms with E-state index >= 15 is 0 Å². The molecule has 2 aromatic rings. The van der Waals surface area contributed by atoms with Gasteiger partial charge in [0.25, 0.3) is 5.91 Å². The third kappa shape index (κ3) is 2.27. The standard InChI is InChI=1S/C16H17N5O3/c17-16(23)21-12-3-1-2-10-14(12)11(8-18-19-15(10)22)13(21)9-20-4-6-24-7-5-20/h1-3,8H,4-7,9H2,(H2,17,23)(H,19,22). The van der Waals surface area contributed by atoms with Gasteiger partial charge in [-0.1, -0.05) is 6.07 Å². The predicted molar refractivity (Wildman–Crippen MR) is 88.1 cm³/mol. The maximum Gasteiger partial charge on any atom is 0.323 e. The zero-order valence-corrected chi connectivity index (χ0v) is 13.0. The number of nitrogens with two attached hydrogens (primary N) is 1. The minimum absolute atomic E-state index is 0.296. The Bertz CT molecular complexity index is 864. The lowest BCUT2D eigenvalue weighted by Gasteiger charge is -2.27. The Hall–Kier alpha value is -2.71. The highest BCUT2D eigenvalue weighted by Gasteiger charge is 2.26. The number of carbonyl (C=O) groups is 2. The molecule has 3 N–H and O–H groups in total. The molecule has 124 valence electrons. The molecule has 0 atom stereocenters. The van der Waals surface area contributed by atoms with Crippen molar-refractivity contribution in [1.29, 1.82) is 0 Å². The number of amides is 2. The maximum atomic E-state index is 12.2. The van der Waals surface area contributed by atoms with E-state index in [0.717, 1.165) is 24.3 Å². The summed E-state index contributed by atoms with van der Waals surface area (Å²) >= 11 is 0. The first-order valence-corrected chi connectivity index (χ1v) is 7.76. The lowest BCUT2D eigenvalue weighted by molar-refractivity contribution is 0.0334. The van der Waals surface area contributed by atoms with Gasteiger partial charge in [0.2, 0.25) is 0 Å². The van der Waals surface area contributed by atoms with Crippen LogP contribution in [0.4, 0.5) is 4.79 Å². The number of ether oxygens (including phenoxy) is 1. The monoisotopic (exact) mass is 327 g/mol. The molecule has 0 unspecified atom stereocenters. The summed E-state index contributed by atoms with van der Waals surface area (Å²) in [6, 6.07) is 4.69. The lowest BCUT2D eigenvalue weighted by atomic mass is 10.0. The minimum Gasteiger partial charge on any atom is -0.379 e. The molecule has 2 aliphatic rings. The summed E-state index contributed by atoms with van der Waals surface area (Å²) in [6.07, 6.45) is 1.59. The van der Waals surface area contributed by atoms with Gasteiger partial charge in [0.1, 0.15) is 0 Å². The van der Waals surface area contributed by atoms with Gasteiger partial charge in [-0.15, -0.1) is 0 Å². The fourth-order valence-electron chi connectivity index (χ4n) is 3.34. The van der Waals surface area contributed by atoms with Gasteiger partial charge in [-0.25, -0.2) is 10.2 Å². The highest BCUT2D eigenvalue weighted by molar-refractivity contribution is 6.16. The van der Waals surface area contributed by atoms with Gasteiger partial charge in [0.15, 0.2) is 0 Å². The zero-order chi connectivity index (χ0) is 16.7. The molecule has 0 spiro atoms. The molecule has 1 aromatic carbocycles. The van der Waals surface area contributed by atoms with Crippen molar-refractivity contribution in [3.05, 3.63) is 35.0 Å². The molecule has 1 fully saturated rings. The van der Waals surface area contributed by atoms with E-state index in [4.69, 9.17) is 10.5 Å². The first-order chi connectivity index (χ1) is 11.7. The smallest absolute Gasteiger partial charge is 0.323 e. The summed E-state index contributed by atoms with van der Waals surface area (Å²) in [7, 11) is 0. The predicted octanol–water partition coefficient (Wildman–Crippen LogP) is 0.478. The van der Waals surface area contributed by atoms with E-state index in [1.807, 2.05) is 0 Å². The van der Waals surface area contributed by atoms with E-state index in [9.17, 15) is 9.59 Å². The van der Waals surface area contributed by atoms with Crippen molar-refractivity contribution >= 4 is 29.1 Å². The Morgan fingerprint density at radius 1 is 1.33 bits per heavy atom. The van der Waals surface area contributed by atoms with Gasteiger partial charge in [-0.05, 0) is 12.1 Å². The molecule has 3 heterocycles. The summed E-state index contributed by atoms with van der Waals surface area (Å²) < 4.78 is 6.85. The molecule has 0 bridgehead atoms. The highest BCUT2D eigenvalue weighted by Crippen LogP contribution is 2.30. The molecule has 4 rings (SSSR count). The third-order valence-electron chi connectivity index (χ3n) is 4.44. The van der Waals surface area contributed by atoms with Crippen molar-refractivity contribution in [2.24, 2.45) is 10.8 Å². The van der Waals surface area contributed by atoms with Gasteiger partial charge < -0.3 is 10.5 Å². The van der Waals surface area contributed by atoms with Crippen LogP contribution in [-0.4, -0.2) is 53.9 Å². The van der Waals surface area contributed by atoms with Crippen LogP contribution in [0.3, 0.4) is 0 Å². The molecule has 24 heavy (non-hydrogen) atoms. The average Bonchev–Trinajstić information content (AvgIpc) is 2.78. The number of hydrogen-bond donors (Lipinski definition) is 2. The summed E-state index contributed by atoms with van der Waals surface area (Å²) in [5, 5.41) is 4.69. The topological polar surface area (TPSA) is 102 Å². The van der Waals surface area contributed by atoms with E-state index in [0.29, 0.717) is 36.2 Å². The van der Waals surface area contributed by atoms with Gasteiger partial charge >= 0.3 is 6.03 Å². The van der Waals surface area contributed by atoms with Crippen LogP contribution in [-0.2, 0) is 11.3 Å². The molecule has 8 nitrogen and oxygen atoms in total. The van der Waals surface area contributed by atoms with Crippen LogP contribution < -0.4 is 11.2 Å². The summed E-state index contributed by atoms with van der Waals surface area (Å²) in [5.41, 5.74) is 10.7. The first-order valence-electron chi connectivity index (χ1n) is 7.76. The maximum absolute atomic E-state index is 12.2. The molecule has 0 radical (unpaired) electrons. The van der Waals surface area contributed by atoms with Gasteiger partial charge in [-0.3, -0.25) is 14.3 Å². The van der Waals surface area contributed by atoms with E-state index < -0.39 is 6.03 Å². The number of benzene rings is 1. The Balaban J connectivity index is 1.94. The molecule has 8 heteroatoms. The Labute approximate surface area is 137 Å². The van der Waals surface area contributed by atoms with Crippen LogP contribution in [0.5, 0.6) is 0 Å². The fraction of sp³-hybridized carbons (Fsp3) is 0.312. The number of rotatable bonds is 2. The number of carbonyl (C=O) groups excluding carboxylic acids is 2. The van der Waals surface area contributed by atoms with Crippen LogP contribution in [0.15, 0.2) is 23.3 Å². The molecular formula is C16H17N5O3. The molecule has 2 amide bonds. The van der Waals surface area contributed by atoms with Crippen LogP contribution >= 0.6 is 0 Å². The second-order valence-corrected chi connectivity index (χ2v) is 5.82. The summed E-state index contributed by atoms with van der Waals surface area (Å²) in [4.78, 5) is 26.5. The highest BCUT2D eigenvalue weighted by atomic mass is 16.5. The largest absolute Gasteiger partial charge is 0.379 e. The van der Waals surface area contributed by atoms with Crippen molar-refractivity contribution < 1.29 is 14.3 Å². The number of nitrogens with zero attached hydrogens (tertiary/aromatic N) is 3. The quantitative estimate of drug-likeness (QED) is 0.837. The van der Waals surface area contributed by atoms with Gasteiger partial charge in [0.05, 0.1) is 36.2 Å². The van der Waals surface area contributed by atoms with Crippen LogP contribution in [0.1, 0.15) is 21.6 Å². The second kappa shape index (κ2) is 5.73. The van der Waals surface area contributed by atoms with Gasteiger partial charge in [0, 0.05) is 30.6 Å². The number of hydrazone groups is 1. The summed E-state index contributed by atoms with van der Waals surface area (Å²) in [6.45, 7) is 3.41. The Morgan fingerprint density at radius 2 is 2.12 bits per heavy atom. The van der Waals surface area contributed by atoms with E-state index in [1.165, 1.54) is 4.57 Å². The number of nitrogens with one attached hydrogen (secondary N) is 1. The lowest BCUT2D eigenvalue weighted by Crippen LogP contribution is -2.37. The van der Waals surface area contributed by atoms with Crippen LogP contribution in [0, 0.1) is 0 Å². The number of morpholine rings is 1. The zero-order valence-electron chi connectivity index (χ0n) is 13.0. The Morgan fingerprint density at radius 3 is 2.88 bits per heavy atom. The molecule has 1 aromatic heterocycles. The molecule has 0 aliphatic carbocycles. The average molecular weight is 327 g/mol. The summed E-state index contributed by atoms with van der Waals surface area (Å²) in [5.74, 6) is -0.296. The number of aromatic nitrogens is 1. The molecule has 1 saturated heterocycles. The molecular weight excluding hydrogens is 310 g/mol. The fourth-order valence-corrected chi connectivity index (χ4v) is 3.34. The molecule has 2 aliphatic heterocycles. The number of primary amides is 1. The van der Waals surface area contributed by atoms with E-state index in [-0.39, 0.29) is 5.91 Å².